The molecule has 0 amide bonds. The maximum absolute atomic E-state index is 10.00. The van der Waals surface area contributed by atoms with E-state index < -0.39 is 6.10 Å². The van der Waals surface area contributed by atoms with Crippen LogP contribution in [0.15, 0.2) is 9.47 Å². The first-order valence-electron chi connectivity index (χ1n) is 5.11. The van der Waals surface area contributed by atoms with Crippen molar-refractivity contribution < 1.29 is 19.3 Å². The molecule has 0 fully saturated rings. The minimum atomic E-state index is -0.659. The van der Waals surface area contributed by atoms with Gasteiger partial charge in [0.25, 0.3) is 0 Å². The molecule has 1 unspecified atom stereocenters. The summed E-state index contributed by atoms with van der Waals surface area (Å²) >= 11 is 3.44. The number of aliphatic hydroxyl groups excluding tert-OH is 1. The molecule has 2 heterocycles. The van der Waals surface area contributed by atoms with E-state index in [9.17, 15) is 5.11 Å². The van der Waals surface area contributed by atoms with E-state index >= 15 is 0 Å². The summed E-state index contributed by atoms with van der Waals surface area (Å²) in [6, 6.07) is 0. The van der Waals surface area contributed by atoms with Crippen molar-refractivity contribution in [2.75, 3.05) is 20.4 Å². The number of hydrogen-bond donors (Lipinski definition) is 1. The van der Waals surface area contributed by atoms with Crippen LogP contribution in [0, 0.1) is 0 Å². The molecule has 18 heavy (non-hydrogen) atoms. The van der Waals surface area contributed by atoms with Crippen molar-refractivity contribution >= 4 is 39.1 Å². The molecule has 3 rings (SSSR count). The molecule has 1 aromatic carbocycles. The Bertz CT molecular complexity index is 519. The van der Waals surface area contributed by atoms with Crippen LogP contribution in [0.25, 0.3) is 0 Å². The highest BCUT2D eigenvalue weighted by molar-refractivity contribution is 9.10. The SMILES string of the molecule is Br.COc1c(Br)c2c(c3c1OCO3)C=NCC2O. The van der Waals surface area contributed by atoms with Gasteiger partial charge >= 0.3 is 0 Å². The van der Waals surface area contributed by atoms with E-state index in [2.05, 4.69) is 20.9 Å². The fourth-order valence-corrected chi connectivity index (χ4v) is 2.90. The zero-order valence-corrected chi connectivity index (χ0v) is 12.8. The normalized spacial score (nSPS) is 19.2. The monoisotopic (exact) mass is 379 g/mol. The molecule has 0 bridgehead atoms. The number of hydrogen-bond acceptors (Lipinski definition) is 5. The van der Waals surface area contributed by atoms with Crippen molar-refractivity contribution in [3.05, 3.63) is 15.6 Å². The molecule has 0 saturated heterocycles. The summed E-state index contributed by atoms with van der Waals surface area (Å²) in [7, 11) is 1.55. The molecule has 0 spiro atoms. The maximum Gasteiger partial charge on any atom is 0.231 e. The number of methoxy groups -OCH3 is 1. The van der Waals surface area contributed by atoms with Crippen LogP contribution in [0.1, 0.15) is 17.2 Å². The number of halogens is 2. The van der Waals surface area contributed by atoms with E-state index in [0.717, 1.165) is 11.1 Å². The lowest BCUT2D eigenvalue weighted by atomic mass is 9.98. The van der Waals surface area contributed by atoms with Gasteiger partial charge in [0.1, 0.15) is 6.10 Å². The fourth-order valence-electron chi connectivity index (χ4n) is 2.08. The summed E-state index contributed by atoms with van der Waals surface area (Å²) in [6.45, 7) is 0.493. The van der Waals surface area contributed by atoms with Gasteiger partial charge in [-0.25, -0.2) is 0 Å². The van der Waals surface area contributed by atoms with Gasteiger partial charge in [0.2, 0.25) is 12.5 Å². The third-order valence-corrected chi connectivity index (χ3v) is 3.61. The first-order chi connectivity index (χ1) is 8.24. The number of aliphatic hydroxyl groups is 1. The molecule has 2 aliphatic heterocycles. The van der Waals surface area contributed by atoms with Crippen molar-refractivity contribution in [1.29, 1.82) is 0 Å². The lowest BCUT2D eigenvalue weighted by Gasteiger charge is -2.21. The van der Waals surface area contributed by atoms with Gasteiger partial charge in [0, 0.05) is 17.3 Å². The molecule has 0 radical (unpaired) electrons. The zero-order valence-electron chi connectivity index (χ0n) is 9.47. The van der Waals surface area contributed by atoms with Gasteiger partial charge in [-0.3, -0.25) is 4.99 Å². The summed E-state index contributed by atoms with van der Waals surface area (Å²) < 4.78 is 16.8. The van der Waals surface area contributed by atoms with Gasteiger partial charge < -0.3 is 19.3 Å². The van der Waals surface area contributed by atoms with Gasteiger partial charge in [-0.2, -0.15) is 0 Å². The molecular weight excluding hydrogens is 370 g/mol. The molecule has 0 aliphatic carbocycles. The van der Waals surface area contributed by atoms with Crippen LogP contribution in [0.4, 0.5) is 0 Å². The zero-order chi connectivity index (χ0) is 12.0. The Labute approximate surface area is 123 Å². The van der Waals surface area contributed by atoms with Crippen LogP contribution in [0.2, 0.25) is 0 Å². The van der Waals surface area contributed by atoms with Crippen molar-refractivity contribution in [3.63, 3.8) is 0 Å². The molecule has 1 N–H and O–H groups in total. The fraction of sp³-hybridized carbons (Fsp3) is 0.364. The second kappa shape index (κ2) is 5.07. The quantitative estimate of drug-likeness (QED) is 0.811. The van der Waals surface area contributed by atoms with Crippen molar-refractivity contribution in [2.45, 2.75) is 6.10 Å². The van der Waals surface area contributed by atoms with Crippen LogP contribution >= 0.6 is 32.9 Å². The molecule has 0 saturated carbocycles. The number of rotatable bonds is 1. The van der Waals surface area contributed by atoms with Crippen LogP contribution in [-0.2, 0) is 0 Å². The Hall–Kier alpha value is -0.790. The average Bonchev–Trinajstić information content (AvgIpc) is 2.78. The molecule has 1 aromatic rings. The van der Waals surface area contributed by atoms with E-state index in [1.165, 1.54) is 0 Å². The maximum atomic E-state index is 10.00. The summed E-state index contributed by atoms with van der Waals surface area (Å²) in [5.74, 6) is 1.69. The molecular formula is C11H11Br2NO4. The molecule has 7 heteroatoms. The summed E-state index contributed by atoms with van der Waals surface area (Å²) in [5.41, 5.74) is 1.49. The Kier molecular flexibility index (Phi) is 3.84. The molecule has 0 aromatic heterocycles. The summed E-state index contributed by atoms with van der Waals surface area (Å²) in [6.07, 6.45) is 1.03. The van der Waals surface area contributed by atoms with Crippen molar-refractivity contribution in [2.24, 2.45) is 4.99 Å². The number of ether oxygens (including phenoxy) is 3. The second-order valence-electron chi connectivity index (χ2n) is 3.75. The smallest absolute Gasteiger partial charge is 0.231 e. The Balaban J connectivity index is 0.00000120. The number of aliphatic imine (C=N–C) groups is 1. The van der Waals surface area contributed by atoms with Gasteiger partial charge in [0.15, 0.2) is 11.5 Å². The predicted molar refractivity (Wildman–Crippen MR) is 74.6 cm³/mol. The van der Waals surface area contributed by atoms with Crippen LogP contribution < -0.4 is 14.2 Å². The predicted octanol–water partition coefficient (Wildman–Crippen LogP) is 2.23. The van der Waals surface area contributed by atoms with Crippen LogP contribution in [0.5, 0.6) is 17.2 Å². The third-order valence-electron chi connectivity index (χ3n) is 2.83. The molecule has 1 atom stereocenters. The lowest BCUT2D eigenvalue weighted by Crippen LogP contribution is -2.12. The van der Waals surface area contributed by atoms with Gasteiger partial charge in [-0.1, -0.05) is 0 Å². The lowest BCUT2D eigenvalue weighted by molar-refractivity contribution is 0.170. The minimum absolute atomic E-state index is 0. The van der Waals surface area contributed by atoms with E-state index in [0.29, 0.717) is 28.3 Å². The topological polar surface area (TPSA) is 60.3 Å². The first kappa shape index (κ1) is 13.6. The summed E-state index contributed by atoms with van der Waals surface area (Å²) in [5, 5.41) is 10.00. The first-order valence-corrected chi connectivity index (χ1v) is 5.90. The molecule has 5 nitrogen and oxygen atoms in total. The third kappa shape index (κ3) is 1.81. The standard InChI is InChI=1S/C11H10BrNO4.BrH/c1-15-10-8(12)7-5(2-13-3-6(7)14)9-11(10)17-4-16-9;/h2,6,14H,3-4H2,1H3;1H. The number of nitrogens with zero attached hydrogens (tertiary/aromatic N) is 1. The van der Waals surface area contributed by atoms with E-state index in [4.69, 9.17) is 14.2 Å². The van der Waals surface area contributed by atoms with E-state index in [1.807, 2.05) is 0 Å². The number of benzene rings is 1. The van der Waals surface area contributed by atoms with Crippen LogP contribution in [0.3, 0.4) is 0 Å². The summed E-state index contributed by atoms with van der Waals surface area (Å²) in [4.78, 5) is 4.10. The average molecular weight is 381 g/mol. The van der Waals surface area contributed by atoms with Crippen molar-refractivity contribution in [3.8, 4) is 17.2 Å². The Morgan fingerprint density at radius 3 is 2.89 bits per heavy atom. The highest BCUT2D eigenvalue weighted by Gasteiger charge is 2.32. The van der Waals surface area contributed by atoms with Crippen molar-refractivity contribution in [1.82, 2.24) is 0 Å². The highest BCUT2D eigenvalue weighted by Crippen LogP contribution is 2.51. The van der Waals surface area contributed by atoms with Gasteiger partial charge in [0.05, 0.1) is 18.1 Å². The molecule has 2 aliphatic rings. The van der Waals surface area contributed by atoms with Crippen LogP contribution in [-0.4, -0.2) is 31.8 Å². The van der Waals surface area contributed by atoms with Gasteiger partial charge in [-0.05, 0) is 15.9 Å². The number of fused-ring (bicyclic) bond motifs is 3. The van der Waals surface area contributed by atoms with Gasteiger partial charge in [-0.15, -0.1) is 17.0 Å². The highest BCUT2D eigenvalue weighted by atomic mass is 79.9. The van der Waals surface area contributed by atoms with E-state index in [1.54, 1.807) is 13.3 Å². The van der Waals surface area contributed by atoms with E-state index in [-0.39, 0.29) is 23.8 Å². The Morgan fingerprint density at radius 2 is 2.17 bits per heavy atom. The molecule has 98 valence electrons. The Morgan fingerprint density at radius 1 is 1.44 bits per heavy atom. The largest absolute Gasteiger partial charge is 0.492 e. The minimum Gasteiger partial charge on any atom is -0.492 e. The second-order valence-corrected chi connectivity index (χ2v) is 4.54.